The van der Waals surface area contributed by atoms with E-state index in [1.54, 1.807) is 11.3 Å². The van der Waals surface area contributed by atoms with Crippen molar-refractivity contribution >= 4 is 33.1 Å². The second kappa shape index (κ2) is 5.81. The van der Waals surface area contributed by atoms with Crippen LogP contribution in [0.2, 0.25) is 0 Å². The summed E-state index contributed by atoms with van der Waals surface area (Å²) in [6.07, 6.45) is -0.308. The van der Waals surface area contributed by atoms with Gasteiger partial charge in [-0.1, -0.05) is 5.16 Å². The van der Waals surface area contributed by atoms with Gasteiger partial charge < -0.3 is 15.7 Å². The highest BCUT2D eigenvalue weighted by atomic mass is 79.9. The lowest BCUT2D eigenvalue weighted by Gasteiger charge is -2.31. The Balaban J connectivity index is 1.93. The third-order valence-electron chi connectivity index (χ3n) is 2.60. The number of thiophene rings is 1. The van der Waals surface area contributed by atoms with Gasteiger partial charge in [-0.05, 0) is 28.1 Å². The molecular weight excluding hydrogens is 306 g/mol. The summed E-state index contributed by atoms with van der Waals surface area (Å²) in [4.78, 5) is 3.53. The summed E-state index contributed by atoms with van der Waals surface area (Å²) in [5.74, 6) is 0.141. The summed E-state index contributed by atoms with van der Waals surface area (Å²) in [5, 5.41) is 11.6. The van der Waals surface area contributed by atoms with Gasteiger partial charge in [0.25, 0.3) is 0 Å². The molecule has 0 radical (unpaired) electrons. The van der Waals surface area contributed by atoms with Crippen LogP contribution in [0, 0.1) is 0 Å². The highest BCUT2D eigenvalue weighted by molar-refractivity contribution is 9.11. The molecule has 7 heteroatoms. The Hall–Kier alpha value is -0.630. The van der Waals surface area contributed by atoms with Crippen LogP contribution in [-0.2, 0) is 11.3 Å². The van der Waals surface area contributed by atoms with Crippen LogP contribution in [0.5, 0.6) is 0 Å². The van der Waals surface area contributed by atoms with Gasteiger partial charge in [-0.25, -0.2) is 0 Å². The van der Waals surface area contributed by atoms with Gasteiger partial charge in [0.1, 0.15) is 6.10 Å². The van der Waals surface area contributed by atoms with E-state index in [1.165, 1.54) is 4.88 Å². The van der Waals surface area contributed by atoms with Crippen molar-refractivity contribution in [3.63, 3.8) is 0 Å². The van der Waals surface area contributed by atoms with Gasteiger partial charge in [-0.3, -0.25) is 4.90 Å². The Morgan fingerprint density at radius 3 is 3.18 bits per heavy atom. The van der Waals surface area contributed by atoms with Crippen LogP contribution in [0.15, 0.2) is 21.1 Å². The summed E-state index contributed by atoms with van der Waals surface area (Å²) in [7, 11) is 0. The summed E-state index contributed by atoms with van der Waals surface area (Å²) < 4.78 is 6.57. The Labute approximate surface area is 112 Å². The Bertz CT molecular complexity index is 410. The zero-order valence-electron chi connectivity index (χ0n) is 9.17. The second-order valence-electron chi connectivity index (χ2n) is 3.83. The molecular formula is C10H14BrN3O2S. The van der Waals surface area contributed by atoms with Crippen molar-refractivity contribution in [3.05, 3.63) is 20.8 Å². The molecule has 2 rings (SSSR count). The Kier molecular flexibility index (Phi) is 4.38. The van der Waals surface area contributed by atoms with Crippen molar-refractivity contribution in [3.8, 4) is 0 Å². The molecule has 1 aromatic rings. The van der Waals surface area contributed by atoms with E-state index in [9.17, 15) is 0 Å². The zero-order valence-corrected chi connectivity index (χ0v) is 11.6. The molecule has 0 bridgehead atoms. The monoisotopic (exact) mass is 319 g/mol. The van der Waals surface area contributed by atoms with Gasteiger partial charge >= 0.3 is 0 Å². The predicted molar refractivity (Wildman–Crippen MR) is 70.4 cm³/mol. The number of nitrogens with two attached hydrogens (primary N) is 1. The van der Waals surface area contributed by atoms with Crippen LogP contribution >= 0.6 is 27.3 Å². The van der Waals surface area contributed by atoms with Crippen LogP contribution in [0.25, 0.3) is 0 Å². The first kappa shape index (κ1) is 12.8. The molecule has 3 N–H and O–H groups in total. The molecule has 1 fully saturated rings. The molecule has 94 valence electrons. The van der Waals surface area contributed by atoms with E-state index in [0.717, 1.165) is 16.9 Å². The maximum absolute atomic E-state index is 8.63. The molecule has 5 nitrogen and oxygen atoms in total. The fraction of sp³-hybridized carbons (Fsp3) is 0.500. The predicted octanol–water partition coefficient (Wildman–Crippen LogP) is 1.46. The van der Waals surface area contributed by atoms with E-state index in [1.807, 2.05) is 6.07 Å². The quantitative estimate of drug-likeness (QED) is 0.383. The van der Waals surface area contributed by atoms with Crippen molar-refractivity contribution in [2.24, 2.45) is 10.9 Å². The van der Waals surface area contributed by atoms with Crippen LogP contribution in [-0.4, -0.2) is 41.7 Å². The number of halogens is 1. The first-order chi connectivity index (χ1) is 8.19. The van der Waals surface area contributed by atoms with Gasteiger partial charge in [-0.15, -0.1) is 11.3 Å². The first-order valence-corrected chi connectivity index (χ1v) is 6.85. The van der Waals surface area contributed by atoms with Crippen LogP contribution in [0.1, 0.15) is 4.88 Å². The van der Waals surface area contributed by atoms with Gasteiger partial charge in [0.15, 0.2) is 5.84 Å². The number of amidine groups is 1. The van der Waals surface area contributed by atoms with E-state index in [-0.39, 0.29) is 11.9 Å². The lowest BCUT2D eigenvalue weighted by atomic mass is 10.2. The fourth-order valence-electron chi connectivity index (χ4n) is 1.75. The SMILES string of the molecule is NC(=NO)C1CN(Cc2ccc(Br)s2)CCO1. The lowest BCUT2D eigenvalue weighted by Crippen LogP contribution is -2.47. The minimum absolute atomic E-state index is 0.141. The van der Waals surface area contributed by atoms with Gasteiger partial charge in [0.05, 0.1) is 10.4 Å². The molecule has 1 saturated heterocycles. The normalized spacial score (nSPS) is 22.9. The molecule has 0 aromatic carbocycles. The summed E-state index contributed by atoms with van der Waals surface area (Å²) in [6, 6.07) is 4.14. The average molecular weight is 320 g/mol. The molecule has 1 unspecified atom stereocenters. The van der Waals surface area contributed by atoms with Crippen LogP contribution in [0.4, 0.5) is 0 Å². The van der Waals surface area contributed by atoms with E-state index < -0.39 is 0 Å². The summed E-state index contributed by atoms with van der Waals surface area (Å²) in [5.41, 5.74) is 5.55. The Morgan fingerprint density at radius 2 is 2.53 bits per heavy atom. The molecule has 1 aliphatic rings. The molecule has 1 atom stereocenters. The largest absolute Gasteiger partial charge is 0.409 e. The fourth-order valence-corrected chi connectivity index (χ4v) is 3.27. The van der Waals surface area contributed by atoms with E-state index >= 15 is 0 Å². The molecule has 0 aliphatic carbocycles. The summed E-state index contributed by atoms with van der Waals surface area (Å²) >= 11 is 5.17. The number of nitrogens with zero attached hydrogens (tertiary/aromatic N) is 2. The lowest BCUT2D eigenvalue weighted by molar-refractivity contribution is 0.00178. The number of oxime groups is 1. The van der Waals surface area contributed by atoms with Crippen LogP contribution in [0.3, 0.4) is 0 Å². The third kappa shape index (κ3) is 3.41. The third-order valence-corrected chi connectivity index (χ3v) is 4.21. The standard InChI is InChI=1S/C10H14BrN3O2S/c11-9-2-1-7(17-9)5-14-3-4-16-8(6-14)10(12)13-15/h1-2,8,15H,3-6H2,(H2,12,13). The number of ether oxygens (including phenoxy) is 1. The second-order valence-corrected chi connectivity index (χ2v) is 6.37. The maximum Gasteiger partial charge on any atom is 0.169 e. The van der Waals surface area contributed by atoms with Gasteiger partial charge in [0, 0.05) is 24.5 Å². The number of hydrogen-bond donors (Lipinski definition) is 2. The first-order valence-electron chi connectivity index (χ1n) is 5.24. The maximum atomic E-state index is 8.63. The number of hydrogen-bond acceptors (Lipinski definition) is 5. The van der Waals surface area contributed by atoms with Gasteiger partial charge in [0.2, 0.25) is 0 Å². The highest BCUT2D eigenvalue weighted by Crippen LogP contribution is 2.23. The molecule has 2 heterocycles. The molecule has 0 amide bonds. The molecule has 1 aliphatic heterocycles. The van der Waals surface area contributed by atoms with Crippen LogP contribution < -0.4 is 5.73 Å². The number of morpholine rings is 1. The van der Waals surface area contributed by atoms with E-state index in [2.05, 4.69) is 32.1 Å². The Morgan fingerprint density at radius 1 is 1.71 bits per heavy atom. The van der Waals surface area contributed by atoms with Crippen molar-refractivity contribution in [2.45, 2.75) is 12.6 Å². The van der Waals surface area contributed by atoms with Crippen molar-refractivity contribution in [1.82, 2.24) is 4.90 Å². The van der Waals surface area contributed by atoms with Gasteiger partial charge in [-0.2, -0.15) is 0 Å². The minimum atomic E-state index is -0.308. The number of rotatable bonds is 3. The smallest absolute Gasteiger partial charge is 0.169 e. The van der Waals surface area contributed by atoms with E-state index in [0.29, 0.717) is 13.2 Å². The van der Waals surface area contributed by atoms with Crippen molar-refractivity contribution < 1.29 is 9.94 Å². The molecule has 0 spiro atoms. The zero-order chi connectivity index (χ0) is 12.3. The molecule has 0 saturated carbocycles. The highest BCUT2D eigenvalue weighted by Gasteiger charge is 2.24. The van der Waals surface area contributed by atoms with Crippen molar-refractivity contribution in [1.29, 1.82) is 0 Å². The average Bonchev–Trinajstić information content (AvgIpc) is 2.74. The van der Waals surface area contributed by atoms with E-state index in [4.69, 9.17) is 15.7 Å². The van der Waals surface area contributed by atoms with Crippen molar-refractivity contribution in [2.75, 3.05) is 19.7 Å². The minimum Gasteiger partial charge on any atom is -0.409 e. The summed E-state index contributed by atoms with van der Waals surface area (Å²) in [6.45, 7) is 3.00. The topological polar surface area (TPSA) is 71.1 Å². The molecule has 17 heavy (non-hydrogen) atoms. The molecule has 1 aromatic heterocycles.